The van der Waals surface area contributed by atoms with Crippen molar-refractivity contribution in [1.29, 1.82) is 0 Å². The molecule has 2 heterocycles. The Balaban J connectivity index is 1.55. The predicted molar refractivity (Wildman–Crippen MR) is 218 cm³/mol. The van der Waals surface area contributed by atoms with E-state index in [0.717, 1.165) is 22.3 Å². The van der Waals surface area contributed by atoms with Crippen molar-refractivity contribution in [2.45, 2.75) is 11.3 Å². The molecular formula is C42H24Cl6N4. The van der Waals surface area contributed by atoms with E-state index >= 15 is 0 Å². The van der Waals surface area contributed by atoms with Crippen molar-refractivity contribution in [3.05, 3.63) is 209 Å². The van der Waals surface area contributed by atoms with E-state index in [-0.39, 0.29) is 0 Å². The van der Waals surface area contributed by atoms with Crippen molar-refractivity contribution in [2.75, 3.05) is 0 Å². The van der Waals surface area contributed by atoms with E-state index < -0.39 is 11.3 Å². The summed E-state index contributed by atoms with van der Waals surface area (Å²) in [6, 6.07) is 44.9. The molecule has 10 heteroatoms. The van der Waals surface area contributed by atoms with Gasteiger partial charge in [0, 0.05) is 63.5 Å². The minimum atomic E-state index is -1.63. The molecule has 0 radical (unpaired) electrons. The van der Waals surface area contributed by atoms with Crippen molar-refractivity contribution < 1.29 is 0 Å². The van der Waals surface area contributed by atoms with Gasteiger partial charge in [-0.3, -0.25) is 0 Å². The van der Waals surface area contributed by atoms with Crippen LogP contribution < -0.4 is 0 Å². The normalized spacial score (nSPS) is 15.9. The monoisotopic (exact) mass is 794 g/mol. The van der Waals surface area contributed by atoms with E-state index in [4.69, 9.17) is 89.6 Å². The summed E-state index contributed by atoms with van der Waals surface area (Å²) in [4.78, 5) is 22.5. The molecule has 2 aliphatic heterocycles. The van der Waals surface area contributed by atoms with E-state index in [1.54, 1.807) is 0 Å². The number of hydrogen-bond donors (Lipinski definition) is 0. The fourth-order valence-electron chi connectivity index (χ4n) is 6.56. The van der Waals surface area contributed by atoms with Crippen LogP contribution in [0.4, 0.5) is 0 Å². The summed E-state index contributed by atoms with van der Waals surface area (Å²) >= 11 is 39.9. The van der Waals surface area contributed by atoms with Crippen LogP contribution in [0.15, 0.2) is 166 Å². The summed E-state index contributed by atoms with van der Waals surface area (Å²) in [5, 5.41) is 3.19. The summed E-state index contributed by atoms with van der Waals surface area (Å²) < 4.78 is 0. The van der Waals surface area contributed by atoms with Gasteiger partial charge in [-0.25, -0.2) is 20.0 Å². The zero-order chi connectivity index (χ0) is 36.0. The molecule has 0 saturated heterocycles. The van der Waals surface area contributed by atoms with Gasteiger partial charge in [0.2, 0.25) is 11.3 Å². The molecule has 4 nitrogen and oxygen atoms in total. The number of hydrogen-bond acceptors (Lipinski definition) is 4. The van der Waals surface area contributed by atoms with Crippen LogP contribution in [0.25, 0.3) is 0 Å². The SMILES string of the molecule is Clc1ccc(C2=NC(c3ccccc3Cl)(C3(c4ccccc4Cl)N=C(c4ccc(Cl)cc4)C(c4ccc(Cl)cc4)=N3)N=C2c2ccc(Cl)cc2)cc1. The fourth-order valence-corrected chi connectivity index (χ4v) is 7.60. The summed E-state index contributed by atoms with van der Waals surface area (Å²) in [5.41, 5.74) is 3.36. The van der Waals surface area contributed by atoms with Gasteiger partial charge in [-0.15, -0.1) is 0 Å². The Morgan fingerprint density at radius 3 is 0.750 bits per heavy atom. The van der Waals surface area contributed by atoms with E-state index in [2.05, 4.69) is 0 Å². The molecule has 52 heavy (non-hydrogen) atoms. The van der Waals surface area contributed by atoms with Crippen molar-refractivity contribution >= 4 is 92.5 Å². The molecule has 0 fully saturated rings. The topological polar surface area (TPSA) is 49.4 Å². The van der Waals surface area contributed by atoms with Crippen LogP contribution in [0.5, 0.6) is 0 Å². The van der Waals surface area contributed by atoms with E-state index in [1.165, 1.54) is 0 Å². The van der Waals surface area contributed by atoms with Gasteiger partial charge in [0.05, 0.1) is 22.8 Å². The van der Waals surface area contributed by atoms with Crippen LogP contribution in [0.3, 0.4) is 0 Å². The van der Waals surface area contributed by atoms with Gasteiger partial charge in [0.15, 0.2) is 0 Å². The van der Waals surface area contributed by atoms with Crippen LogP contribution in [0, 0.1) is 0 Å². The van der Waals surface area contributed by atoms with Gasteiger partial charge in [-0.2, -0.15) is 0 Å². The number of benzene rings is 6. The smallest absolute Gasteiger partial charge is 0.227 e. The van der Waals surface area contributed by atoms with Crippen molar-refractivity contribution in [2.24, 2.45) is 20.0 Å². The molecule has 0 aromatic heterocycles. The first-order valence-electron chi connectivity index (χ1n) is 16.1. The second-order valence-electron chi connectivity index (χ2n) is 12.2. The molecule has 0 N–H and O–H groups in total. The molecule has 0 spiro atoms. The van der Waals surface area contributed by atoms with E-state index in [9.17, 15) is 0 Å². The summed E-state index contributed by atoms with van der Waals surface area (Å²) in [6.45, 7) is 0. The zero-order valence-electron chi connectivity index (χ0n) is 26.9. The first kappa shape index (κ1) is 34.8. The lowest BCUT2D eigenvalue weighted by Crippen LogP contribution is -2.43. The highest BCUT2D eigenvalue weighted by atomic mass is 35.5. The van der Waals surface area contributed by atoms with E-state index in [1.807, 2.05) is 146 Å². The Morgan fingerprint density at radius 2 is 0.519 bits per heavy atom. The molecule has 6 aromatic carbocycles. The number of halogens is 6. The number of nitrogens with zero attached hydrogens (tertiary/aromatic N) is 4. The lowest BCUT2D eigenvalue weighted by molar-refractivity contribution is 0.257. The van der Waals surface area contributed by atoms with Crippen LogP contribution >= 0.6 is 69.6 Å². The van der Waals surface area contributed by atoms with Crippen LogP contribution in [-0.2, 0) is 11.3 Å². The van der Waals surface area contributed by atoms with E-state index in [0.29, 0.717) is 64.1 Å². The second kappa shape index (κ2) is 13.9. The number of aliphatic imine (C=N–C) groups is 4. The first-order chi connectivity index (χ1) is 25.2. The van der Waals surface area contributed by atoms with Crippen LogP contribution in [-0.4, -0.2) is 22.8 Å². The Morgan fingerprint density at radius 1 is 0.288 bits per heavy atom. The Kier molecular flexibility index (Phi) is 9.33. The minimum Gasteiger partial charge on any atom is -0.243 e. The molecule has 8 rings (SSSR count). The van der Waals surface area contributed by atoms with Gasteiger partial charge < -0.3 is 0 Å². The summed E-state index contributed by atoms with van der Waals surface area (Å²) in [7, 11) is 0. The molecular weight excluding hydrogens is 773 g/mol. The Hall–Kier alpha value is -4.26. The summed E-state index contributed by atoms with van der Waals surface area (Å²) in [5.74, 6) is 0. The highest BCUT2D eigenvalue weighted by Gasteiger charge is 2.61. The quantitative estimate of drug-likeness (QED) is 0.154. The van der Waals surface area contributed by atoms with Gasteiger partial charge >= 0.3 is 0 Å². The average molecular weight is 797 g/mol. The third-order valence-electron chi connectivity index (χ3n) is 9.00. The average Bonchev–Trinajstić information content (AvgIpc) is 3.76. The van der Waals surface area contributed by atoms with Crippen LogP contribution in [0.1, 0.15) is 33.4 Å². The predicted octanol–water partition coefficient (Wildman–Crippen LogP) is 12.6. The largest absolute Gasteiger partial charge is 0.243 e. The van der Waals surface area contributed by atoms with Crippen molar-refractivity contribution in [3.8, 4) is 0 Å². The zero-order valence-corrected chi connectivity index (χ0v) is 31.4. The molecule has 0 aliphatic carbocycles. The lowest BCUT2D eigenvalue weighted by Gasteiger charge is -2.39. The second-order valence-corrected chi connectivity index (χ2v) is 14.7. The molecule has 254 valence electrons. The molecule has 0 unspecified atom stereocenters. The maximum absolute atomic E-state index is 7.20. The summed E-state index contributed by atoms with van der Waals surface area (Å²) in [6.07, 6.45) is 0. The molecule has 2 aliphatic rings. The lowest BCUT2D eigenvalue weighted by atomic mass is 9.82. The van der Waals surface area contributed by atoms with Crippen molar-refractivity contribution in [1.82, 2.24) is 0 Å². The molecule has 6 aromatic rings. The molecule has 0 amide bonds. The Bertz CT molecular complexity index is 2150. The fraction of sp³-hybridized carbons (Fsp3) is 0.0476. The molecule has 0 bridgehead atoms. The van der Waals surface area contributed by atoms with Gasteiger partial charge in [-0.05, 0) is 60.7 Å². The third-order valence-corrected chi connectivity index (χ3v) is 10.7. The van der Waals surface area contributed by atoms with Crippen LogP contribution in [0.2, 0.25) is 30.1 Å². The maximum Gasteiger partial charge on any atom is 0.227 e. The van der Waals surface area contributed by atoms with Crippen molar-refractivity contribution in [3.63, 3.8) is 0 Å². The van der Waals surface area contributed by atoms with Gasteiger partial charge in [-0.1, -0.05) is 155 Å². The highest BCUT2D eigenvalue weighted by Crippen LogP contribution is 2.57. The van der Waals surface area contributed by atoms with Gasteiger partial charge in [0.25, 0.3) is 0 Å². The molecule has 0 atom stereocenters. The third kappa shape index (κ3) is 6.08. The Labute approximate surface area is 330 Å². The minimum absolute atomic E-state index is 0.424. The maximum atomic E-state index is 7.20. The standard InChI is InChI=1S/C42H24Cl6N4/c43-29-17-9-25(10-18-29)37-38(26-11-19-30(44)20-12-26)50-41(49-37,33-5-1-3-7-35(33)47)42(34-6-2-4-8-36(34)48)51-39(27-13-21-31(45)22-14-27)40(52-42)28-15-23-32(46)24-16-28/h1-24H. The molecule has 0 saturated carbocycles. The highest BCUT2D eigenvalue weighted by molar-refractivity contribution is 6.56. The number of rotatable bonds is 7. The first-order valence-corrected chi connectivity index (χ1v) is 18.4. The van der Waals surface area contributed by atoms with Gasteiger partial charge in [0.1, 0.15) is 0 Å².